The molecule has 0 radical (unpaired) electrons. The van der Waals surface area contributed by atoms with E-state index in [1.54, 1.807) is 41.3 Å². The summed E-state index contributed by atoms with van der Waals surface area (Å²) in [5.74, 6) is -0.447. The first kappa shape index (κ1) is 27.6. The highest BCUT2D eigenvalue weighted by Crippen LogP contribution is 2.42. The maximum absolute atomic E-state index is 13.3. The van der Waals surface area contributed by atoms with Crippen LogP contribution in [0.4, 0.5) is 0 Å². The molecule has 7 nitrogen and oxygen atoms in total. The fraction of sp³-hybridized carbons (Fsp3) is 0.429. The number of Topliss-reactive ketones (excluding diaryl/α,β-unsaturated/α-hetero) is 1. The van der Waals surface area contributed by atoms with Crippen LogP contribution in [-0.4, -0.2) is 66.0 Å². The predicted octanol–water partition coefficient (Wildman–Crippen LogP) is 5.29. The van der Waals surface area contributed by atoms with Crippen LogP contribution in [0.5, 0.6) is 11.5 Å². The van der Waals surface area contributed by atoms with E-state index >= 15 is 0 Å². The average molecular weight is 515 g/mol. The summed E-state index contributed by atoms with van der Waals surface area (Å²) in [6.45, 7) is 11.6. The third kappa shape index (κ3) is 6.02. The third-order valence-electron chi connectivity index (χ3n) is 6.25. The molecule has 1 heterocycles. The van der Waals surface area contributed by atoms with Crippen LogP contribution in [0.1, 0.15) is 51.3 Å². The first-order chi connectivity index (χ1) is 17.4. The molecule has 1 fully saturated rings. The molecule has 1 amide bonds. The van der Waals surface area contributed by atoms with Crippen molar-refractivity contribution in [3.63, 3.8) is 0 Å². The van der Waals surface area contributed by atoms with Crippen molar-refractivity contribution in [3.05, 3.63) is 64.2 Å². The van der Waals surface area contributed by atoms with E-state index in [1.807, 2.05) is 19.9 Å². The second-order valence-electron chi connectivity index (χ2n) is 8.51. The molecule has 36 heavy (non-hydrogen) atoms. The number of aliphatic hydroxyl groups is 1. The monoisotopic (exact) mass is 514 g/mol. The van der Waals surface area contributed by atoms with Crippen LogP contribution in [-0.2, 0) is 9.59 Å². The summed E-state index contributed by atoms with van der Waals surface area (Å²) in [6, 6.07) is 11.2. The second-order valence-corrected chi connectivity index (χ2v) is 8.95. The van der Waals surface area contributed by atoms with Gasteiger partial charge >= 0.3 is 0 Å². The fourth-order valence-corrected chi connectivity index (χ4v) is 4.43. The number of ketones is 1. The van der Waals surface area contributed by atoms with Crippen LogP contribution in [0, 0.1) is 0 Å². The number of carbonyl (C=O) groups excluding carboxylic acids is 2. The highest BCUT2D eigenvalue weighted by molar-refractivity contribution is 6.46. The SMILES string of the molecule is CCCOc1ccc(C2C(=C(O)c3ccc(Cl)cc3)C(=O)C(=O)N2CCN(CC)CC)cc1OCC. The first-order valence-electron chi connectivity index (χ1n) is 12.5. The van der Waals surface area contributed by atoms with Gasteiger partial charge in [0.1, 0.15) is 5.76 Å². The summed E-state index contributed by atoms with van der Waals surface area (Å²) in [4.78, 5) is 30.2. The molecule has 1 N–H and O–H groups in total. The van der Waals surface area contributed by atoms with Gasteiger partial charge in [0.2, 0.25) is 0 Å². The lowest BCUT2D eigenvalue weighted by atomic mass is 9.95. The Hall–Kier alpha value is -3.03. The number of likely N-dealkylation sites (N-methyl/N-ethyl adjacent to an activating group) is 1. The lowest BCUT2D eigenvalue weighted by molar-refractivity contribution is -0.140. The fourth-order valence-electron chi connectivity index (χ4n) is 4.30. The number of carbonyl (C=O) groups is 2. The highest BCUT2D eigenvalue weighted by atomic mass is 35.5. The van der Waals surface area contributed by atoms with Gasteiger partial charge in [-0.25, -0.2) is 0 Å². The van der Waals surface area contributed by atoms with Crippen LogP contribution in [0.15, 0.2) is 48.0 Å². The van der Waals surface area contributed by atoms with Crippen molar-refractivity contribution in [3.8, 4) is 11.5 Å². The predicted molar refractivity (Wildman–Crippen MR) is 142 cm³/mol. The van der Waals surface area contributed by atoms with Gasteiger partial charge in [-0.1, -0.05) is 38.4 Å². The van der Waals surface area contributed by atoms with E-state index in [0.29, 0.717) is 54.0 Å². The van der Waals surface area contributed by atoms with Crippen molar-refractivity contribution in [2.75, 3.05) is 39.4 Å². The van der Waals surface area contributed by atoms with E-state index in [4.69, 9.17) is 21.1 Å². The van der Waals surface area contributed by atoms with Crippen molar-refractivity contribution < 1.29 is 24.2 Å². The Balaban J connectivity index is 2.13. The number of benzene rings is 2. The molecule has 194 valence electrons. The van der Waals surface area contributed by atoms with Gasteiger partial charge in [0.25, 0.3) is 11.7 Å². The quantitative estimate of drug-likeness (QED) is 0.235. The number of aliphatic hydroxyl groups excluding tert-OH is 1. The van der Waals surface area contributed by atoms with Crippen LogP contribution in [0.25, 0.3) is 5.76 Å². The summed E-state index contributed by atoms with van der Waals surface area (Å²) in [5.41, 5.74) is 1.13. The molecule has 0 spiro atoms. The molecule has 1 aliphatic rings. The van der Waals surface area contributed by atoms with E-state index in [9.17, 15) is 14.7 Å². The van der Waals surface area contributed by atoms with Gasteiger partial charge in [-0.3, -0.25) is 9.59 Å². The number of ether oxygens (including phenoxy) is 2. The molecule has 0 bridgehead atoms. The normalized spacial score (nSPS) is 17.2. The zero-order valence-electron chi connectivity index (χ0n) is 21.4. The Morgan fingerprint density at radius 3 is 2.31 bits per heavy atom. The largest absolute Gasteiger partial charge is 0.507 e. The van der Waals surface area contributed by atoms with Gasteiger partial charge in [-0.2, -0.15) is 0 Å². The lowest BCUT2D eigenvalue weighted by Gasteiger charge is -2.28. The van der Waals surface area contributed by atoms with Crippen molar-refractivity contribution in [1.29, 1.82) is 0 Å². The number of hydrogen-bond donors (Lipinski definition) is 1. The van der Waals surface area contributed by atoms with Crippen LogP contribution in [0.2, 0.25) is 5.02 Å². The Kier molecular flexibility index (Phi) is 9.79. The number of hydrogen-bond acceptors (Lipinski definition) is 6. The minimum absolute atomic E-state index is 0.0477. The highest BCUT2D eigenvalue weighted by Gasteiger charge is 2.46. The molecule has 2 aromatic rings. The van der Waals surface area contributed by atoms with Gasteiger partial charge in [0.15, 0.2) is 11.5 Å². The number of amides is 1. The molecule has 1 unspecified atom stereocenters. The van der Waals surface area contributed by atoms with E-state index in [2.05, 4.69) is 18.7 Å². The summed E-state index contributed by atoms with van der Waals surface area (Å²) in [6.07, 6.45) is 0.847. The Morgan fingerprint density at radius 2 is 1.69 bits per heavy atom. The minimum Gasteiger partial charge on any atom is -0.507 e. The molecular formula is C28H35ClN2O5. The molecular weight excluding hydrogens is 480 g/mol. The van der Waals surface area contributed by atoms with E-state index in [-0.39, 0.29) is 11.3 Å². The molecule has 1 aliphatic heterocycles. The van der Waals surface area contributed by atoms with Gasteiger partial charge < -0.3 is 24.4 Å². The van der Waals surface area contributed by atoms with Crippen molar-refractivity contribution in [2.24, 2.45) is 0 Å². The van der Waals surface area contributed by atoms with Gasteiger partial charge in [-0.15, -0.1) is 0 Å². The van der Waals surface area contributed by atoms with E-state index in [0.717, 1.165) is 19.5 Å². The van der Waals surface area contributed by atoms with E-state index in [1.165, 1.54) is 0 Å². The van der Waals surface area contributed by atoms with Crippen molar-refractivity contribution in [2.45, 2.75) is 40.2 Å². The smallest absolute Gasteiger partial charge is 0.295 e. The number of halogens is 1. The van der Waals surface area contributed by atoms with Crippen LogP contribution >= 0.6 is 11.6 Å². The van der Waals surface area contributed by atoms with Crippen molar-refractivity contribution in [1.82, 2.24) is 9.80 Å². The summed E-state index contributed by atoms with van der Waals surface area (Å²) in [5, 5.41) is 11.7. The topological polar surface area (TPSA) is 79.3 Å². The Bertz CT molecular complexity index is 1100. The van der Waals surface area contributed by atoms with Gasteiger partial charge in [0, 0.05) is 23.7 Å². The summed E-state index contributed by atoms with van der Waals surface area (Å²) >= 11 is 6.01. The number of rotatable bonds is 12. The average Bonchev–Trinajstić information content (AvgIpc) is 3.13. The Labute approximate surface area is 218 Å². The Morgan fingerprint density at radius 1 is 1.00 bits per heavy atom. The summed E-state index contributed by atoms with van der Waals surface area (Å²) < 4.78 is 11.7. The lowest BCUT2D eigenvalue weighted by Crippen LogP contribution is -2.38. The molecule has 3 rings (SSSR count). The molecule has 1 atom stereocenters. The maximum Gasteiger partial charge on any atom is 0.295 e. The summed E-state index contributed by atoms with van der Waals surface area (Å²) in [7, 11) is 0. The number of nitrogens with zero attached hydrogens (tertiary/aromatic N) is 2. The van der Waals surface area contributed by atoms with Gasteiger partial charge in [0.05, 0.1) is 24.8 Å². The minimum atomic E-state index is -0.768. The van der Waals surface area contributed by atoms with Crippen molar-refractivity contribution >= 4 is 29.1 Å². The zero-order valence-corrected chi connectivity index (χ0v) is 22.2. The molecule has 0 aliphatic carbocycles. The van der Waals surface area contributed by atoms with Crippen LogP contribution in [0.3, 0.4) is 0 Å². The maximum atomic E-state index is 13.3. The molecule has 0 aromatic heterocycles. The standard InChI is InChI=1S/C28H35ClN2O5/c1-5-17-36-22-14-11-20(18-23(22)35-8-4)25-24(26(32)19-9-12-21(29)13-10-19)27(33)28(34)31(25)16-15-30(6-2)7-3/h9-14,18,25,32H,5-8,15-17H2,1-4H3. The first-order valence-corrected chi connectivity index (χ1v) is 12.9. The zero-order chi connectivity index (χ0) is 26.2. The second kappa shape index (κ2) is 12.8. The third-order valence-corrected chi connectivity index (χ3v) is 6.51. The molecule has 0 saturated carbocycles. The van der Waals surface area contributed by atoms with Crippen LogP contribution < -0.4 is 9.47 Å². The molecule has 1 saturated heterocycles. The molecule has 8 heteroatoms. The number of likely N-dealkylation sites (tertiary alicyclic amines) is 1. The molecule has 2 aromatic carbocycles. The van der Waals surface area contributed by atoms with E-state index < -0.39 is 17.7 Å². The van der Waals surface area contributed by atoms with Gasteiger partial charge in [-0.05, 0) is 68.4 Å².